The SMILES string of the molecule is CC1NCCn2nc(N)cc21. The van der Waals surface area contributed by atoms with Crippen LogP contribution in [0.4, 0.5) is 5.82 Å². The normalized spacial score (nSPS) is 23.2. The van der Waals surface area contributed by atoms with Gasteiger partial charge in [-0.25, -0.2) is 0 Å². The number of rotatable bonds is 0. The molecule has 0 aromatic carbocycles. The third-order valence-corrected chi connectivity index (χ3v) is 2.05. The first-order valence-electron chi connectivity index (χ1n) is 3.84. The Labute approximate surface area is 65.4 Å². The summed E-state index contributed by atoms with van der Waals surface area (Å²) >= 11 is 0. The fourth-order valence-electron chi connectivity index (χ4n) is 1.47. The number of nitrogens with one attached hydrogen (secondary N) is 1. The molecule has 4 nitrogen and oxygen atoms in total. The maximum absolute atomic E-state index is 5.56. The van der Waals surface area contributed by atoms with E-state index in [-0.39, 0.29) is 0 Å². The molecule has 0 saturated carbocycles. The molecule has 4 heteroatoms. The first kappa shape index (κ1) is 6.67. The Balaban J connectivity index is 2.43. The Morgan fingerprint density at radius 1 is 1.82 bits per heavy atom. The third kappa shape index (κ3) is 0.991. The predicted octanol–water partition coefficient (Wildman–Crippen LogP) is 0.130. The number of anilines is 1. The number of nitrogens with zero attached hydrogens (tertiary/aromatic N) is 2. The van der Waals surface area contributed by atoms with Gasteiger partial charge in [0.15, 0.2) is 0 Å². The van der Waals surface area contributed by atoms with Crippen LogP contribution in [0.15, 0.2) is 6.07 Å². The lowest BCUT2D eigenvalue weighted by atomic mass is 10.2. The molecule has 3 N–H and O–H groups in total. The number of aromatic nitrogens is 2. The Morgan fingerprint density at radius 3 is 3.36 bits per heavy atom. The van der Waals surface area contributed by atoms with Crippen LogP contribution in [0.5, 0.6) is 0 Å². The van der Waals surface area contributed by atoms with Crippen LogP contribution < -0.4 is 11.1 Å². The van der Waals surface area contributed by atoms with E-state index in [2.05, 4.69) is 17.3 Å². The Morgan fingerprint density at radius 2 is 2.64 bits per heavy atom. The molecule has 0 fully saturated rings. The van der Waals surface area contributed by atoms with Crippen LogP contribution in [-0.4, -0.2) is 16.3 Å². The summed E-state index contributed by atoms with van der Waals surface area (Å²) in [7, 11) is 0. The summed E-state index contributed by atoms with van der Waals surface area (Å²) in [5.74, 6) is 0.621. The second-order valence-corrected chi connectivity index (χ2v) is 2.89. The molecule has 1 aromatic rings. The van der Waals surface area contributed by atoms with Crippen molar-refractivity contribution in [3.8, 4) is 0 Å². The second kappa shape index (κ2) is 2.23. The van der Waals surface area contributed by atoms with E-state index >= 15 is 0 Å². The molecule has 1 aromatic heterocycles. The zero-order valence-corrected chi connectivity index (χ0v) is 6.54. The van der Waals surface area contributed by atoms with Crippen molar-refractivity contribution in [3.63, 3.8) is 0 Å². The molecular formula is C7H12N4. The van der Waals surface area contributed by atoms with Gasteiger partial charge in [0.1, 0.15) is 5.82 Å². The lowest BCUT2D eigenvalue weighted by molar-refractivity contribution is 0.420. The highest BCUT2D eigenvalue weighted by atomic mass is 15.3. The molecule has 0 spiro atoms. The maximum atomic E-state index is 5.56. The fourth-order valence-corrected chi connectivity index (χ4v) is 1.47. The Hall–Kier alpha value is -1.03. The molecule has 0 radical (unpaired) electrons. The first-order valence-corrected chi connectivity index (χ1v) is 3.84. The summed E-state index contributed by atoms with van der Waals surface area (Å²) in [5, 5.41) is 7.49. The molecule has 0 aliphatic carbocycles. The molecule has 1 unspecified atom stereocenters. The van der Waals surface area contributed by atoms with E-state index in [1.165, 1.54) is 5.69 Å². The predicted molar refractivity (Wildman–Crippen MR) is 43.1 cm³/mol. The summed E-state index contributed by atoms with van der Waals surface area (Å²) in [5.41, 5.74) is 6.75. The van der Waals surface area contributed by atoms with E-state index in [4.69, 9.17) is 5.73 Å². The molecule has 1 aliphatic rings. The van der Waals surface area contributed by atoms with Crippen molar-refractivity contribution in [1.29, 1.82) is 0 Å². The summed E-state index contributed by atoms with van der Waals surface area (Å²) < 4.78 is 1.97. The van der Waals surface area contributed by atoms with Crippen molar-refractivity contribution >= 4 is 5.82 Å². The van der Waals surface area contributed by atoms with Crippen molar-refractivity contribution in [2.75, 3.05) is 12.3 Å². The van der Waals surface area contributed by atoms with Crippen LogP contribution in [0.2, 0.25) is 0 Å². The minimum Gasteiger partial charge on any atom is -0.382 e. The minimum atomic E-state index is 0.383. The van der Waals surface area contributed by atoms with Gasteiger partial charge >= 0.3 is 0 Å². The number of nitrogen functional groups attached to an aromatic ring is 1. The number of hydrogen-bond donors (Lipinski definition) is 2. The summed E-state index contributed by atoms with van der Waals surface area (Å²) in [6.45, 7) is 4.03. The first-order chi connectivity index (χ1) is 5.27. The topological polar surface area (TPSA) is 55.9 Å². The molecule has 2 heterocycles. The lowest BCUT2D eigenvalue weighted by Crippen LogP contribution is -2.31. The van der Waals surface area contributed by atoms with Crippen LogP contribution in [0.1, 0.15) is 18.7 Å². The largest absolute Gasteiger partial charge is 0.382 e. The molecule has 2 rings (SSSR count). The van der Waals surface area contributed by atoms with Gasteiger partial charge in [-0.2, -0.15) is 5.10 Å². The standard InChI is InChI=1S/C7H12N4/c1-5-6-4-7(8)10-11(6)3-2-9-5/h4-5,9H,2-3H2,1H3,(H2,8,10). The van der Waals surface area contributed by atoms with Crippen LogP contribution in [0, 0.1) is 0 Å². The number of hydrogen-bond acceptors (Lipinski definition) is 3. The quantitative estimate of drug-likeness (QED) is 0.555. The van der Waals surface area contributed by atoms with Gasteiger partial charge in [0.25, 0.3) is 0 Å². The maximum Gasteiger partial charge on any atom is 0.145 e. The van der Waals surface area contributed by atoms with Gasteiger partial charge in [0, 0.05) is 18.7 Å². The van der Waals surface area contributed by atoms with Gasteiger partial charge in [-0.1, -0.05) is 0 Å². The van der Waals surface area contributed by atoms with Gasteiger partial charge < -0.3 is 11.1 Å². The van der Waals surface area contributed by atoms with E-state index in [9.17, 15) is 0 Å². The molecule has 1 aliphatic heterocycles. The molecular weight excluding hydrogens is 140 g/mol. The van der Waals surface area contributed by atoms with Gasteiger partial charge in [-0.15, -0.1) is 0 Å². The van der Waals surface area contributed by atoms with Crippen molar-refractivity contribution in [1.82, 2.24) is 15.1 Å². The summed E-state index contributed by atoms with van der Waals surface area (Å²) in [4.78, 5) is 0. The highest BCUT2D eigenvalue weighted by molar-refractivity contribution is 5.31. The smallest absolute Gasteiger partial charge is 0.145 e. The average molecular weight is 152 g/mol. The molecule has 1 atom stereocenters. The molecule has 0 bridgehead atoms. The number of nitrogens with two attached hydrogens (primary N) is 1. The molecule has 60 valence electrons. The van der Waals surface area contributed by atoms with Crippen LogP contribution in [0.3, 0.4) is 0 Å². The zero-order chi connectivity index (χ0) is 7.84. The Kier molecular flexibility index (Phi) is 1.35. The van der Waals surface area contributed by atoms with Crippen molar-refractivity contribution in [2.24, 2.45) is 0 Å². The monoisotopic (exact) mass is 152 g/mol. The molecule has 0 amide bonds. The summed E-state index contributed by atoms with van der Waals surface area (Å²) in [6.07, 6.45) is 0. The van der Waals surface area contributed by atoms with E-state index < -0.39 is 0 Å². The van der Waals surface area contributed by atoms with Crippen LogP contribution in [0.25, 0.3) is 0 Å². The van der Waals surface area contributed by atoms with Gasteiger partial charge in [0.05, 0.1) is 12.2 Å². The number of fused-ring (bicyclic) bond motifs is 1. The average Bonchev–Trinajstić information content (AvgIpc) is 2.31. The minimum absolute atomic E-state index is 0.383. The Bertz CT molecular complexity index is 265. The summed E-state index contributed by atoms with van der Waals surface area (Å²) in [6, 6.07) is 2.31. The van der Waals surface area contributed by atoms with E-state index in [0.717, 1.165) is 13.1 Å². The van der Waals surface area contributed by atoms with Crippen molar-refractivity contribution in [2.45, 2.75) is 19.5 Å². The lowest BCUT2D eigenvalue weighted by Gasteiger charge is -2.21. The zero-order valence-electron chi connectivity index (χ0n) is 6.54. The molecule has 0 saturated heterocycles. The third-order valence-electron chi connectivity index (χ3n) is 2.05. The van der Waals surface area contributed by atoms with E-state index in [1.54, 1.807) is 0 Å². The highest BCUT2D eigenvalue weighted by Crippen LogP contribution is 2.17. The second-order valence-electron chi connectivity index (χ2n) is 2.89. The van der Waals surface area contributed by atoms with Gasteiger partial charge in [0.2, 0.25) is 0 Å². The highest BCUT2D eigenvalue weighted by Gasteiger charge is 2.16. The van der Waals surface area contributed by atoms with Gasteiger partial charge in [-0.3, -0.25) is 4.68 Å². The van der Waals surface area contributed by atoms with Crippen LogP contribution >= 0.6 is 0 Å². The van der Waals surface area contributed by atoms with Crippen molar-refractivity contribution in [3.05, 3.63) is 11.8 Å². The van der Waals surface area contributed by atoms with Crippen LogP contribution in [-0.2, 0) is 6.54 Å². The van der Waals surface area contributed by atoms with Crippen molar-refractivity contribution < 1.29 is 0 Å². The van der Waals surface area contributed by atoms with E-state index in [0.29, 0.717) is 11.9 Å². The van der Waals surface area contributed by atoms with E-state index in [1.807, 2.05) is 10.7 Å². The van der Waals surface area contributed by atoms with Gasteiger partial charge in [-0.05, 0) is 6.92 Å². The molecule has 11 heavy (non-hydrogen) atoms. The fraction of sp³-hybridized carbons (Fsp3) is 0.571.